The van der Waals surface area contributed by atoms with Gasteiger partial charge in [0.05, 0.1) is 56.5 Å². The first-order valence-electron chi connectivity index (χ1n) is 43.6. The smallest absolute Gasteiger partial charge is 0.400 e. The van der Waals surface area contributed by atoms with Crippen LogP contribution >= 0.6 is 11.6 Å². The van der Waals surface area contributed by atoms with Crippen molar-refractivity contribution in [2.45, 2.75) is 208 Å². The van der Waals surface area contributed by atoms with Crippen LogP contribution in [-0.2, 0) is 23.5 Å². The number of carbonyl (C=O) groups is 3. The molecule has 1 saturated carbocycles. The predicted molar refractivity (Wildman–Crippen MR) is 469 cm³/mol. The van der Waals surface area contributed by atoms with Crippen LogP contribution in [0.4, 0.5) is 48.9 Å². The minimum Gasteiger partial charge on any atom is -0.400 e. The van der Waals surface area contributed by atoms with E-state index in [0.717, 1.165) is 231 Å². The van der Waals surface area contributed by atoms with Crippen molar-refractivity contribution in [3.05, 3.63) is 142 Å². The second-order valence-corrected chi connectivity index (χ2v) is 34.8. The van der Waals surface area contributed by atoms with Crippen LogP contribution in [0.3, 0.4) is 0 Å². The van der Waals surface area contributed by atoms with Crippen molar-refractivity contribution in [2.75, 3.05) is 149 Å². The molecule has 10 heterocycles. The Bertz CT molecular complexity index is 4310. The zero-order chi connectivity index (χ0) is 80.6. The van der Waals surface area contributed by atoms with Gasteiger partial charge in [0.2, 0.25) is 0 Å². The molecule has 618 valence electrons. The summed E-state index contributed by atoms with van der Waals surface area (Å²) < 4.78 is 28.7. The standard InChI is InChI=1S/C29H40N4O2.C29H38N4O2.C23H29ClN4O2.C12H21BO2/c2*1-3-22-11-12-33(20-22)29(34)30-25-10-9-21(2)26(19-25)24-17-27(23-7-5-4-6-8-23)31-28(18-24)32-13-15-35-16-14-32;1-3-17-6-7-28(15-17)23(29)25-19-5-4-16(2)20(14-19)18-12-21(24)26-22(13-18)27-8-10-30-11-9-27;1-11(2)12(3,4)15-13(14-11)10-8-6-5-7-9-10/h9-10,17-19,22-23H,3-8,11-16,20H2,1-2H3,(H,30,34);7,9-10,17-19,22H,3-6,8,11-16,20H2,1-2H3,(H,30,34);4-5,12-14,17H,3,6-11,15H2,1-2H3,(H,25,29);8H,5-7,9H2,1-4H3/t2*22-;17-;/m111./s1. The lowest BCUT2D eigenvalue weighted by Crippen LogP contribution is -2.41. The van der Waals surface area contributed by atoms with Gasteiger partial charge in [0.1, 0.15) is 22.6 Å². The summed E-state index contributed by atoms with van der Waals surface area (Å²) in [5.74, 6) is 5.33. The summed E-state index contributed by atoms with van der Waals surface area (Å²) in [4.78, 5) is 66.0. The molecule has 7 saturated heterocycles. The van der Waals surface area contributed by atoms with Crippen LogP contribution in [0.15, 0.2) is 109 Å². The van der Waals surface area contributed by atoms with E-state index in [1.807, 2.05) is 51.1 Å². The fourth-order valence-corrected chi connectivity index (χ4v) is 17.7. The number of nitrogens with zero attached hydrogens (tertiary/aromatic N) is 9. The molecule has 22 heteroatoms. The summed E-state index contributed by atoms with van der Waals surface area (Å²) in [6.07, 6.45) is 27.3. The Morgan fingerprint density at radius 2 is 0.852 bits per heavy atom. The van der Waals surface area contributed by atoms with Crippen LogP contribution in [0.5, 0.6) is 0 Å². The SMILES string of the molecule is CC1(C)OB(C2=CCCCC2)OC1(C)C.CC[C@@H]1CCN(C(=O)Nc2ccc(C)c(-c3cc(C4=CCCCC4)nc(N4CCOCC4)c3)c2)C1.CC[C@@H]1CCN(C(=O)Nc2ccc(C)c(-c3cc(C4CCCCC4)nc(N4CCOCC4)c3)c2)C1.CC[C@@H]1CCN(C(=O)Nc2ccc(C)c(-c3cc(Cl)nc(N4CCOCC4)c3)c2)C1. The number of aryl methyl sites for hydroxylation is 3. The fourth-order valence-electron chi connectivity index (χ4n) is 17.5. The second-order valence-electron chi connectivity index (χ2n) is 34.4. The number of amides is 6. The number of hydrogen-bond donors (Lipinski definition) is 3. The van der Waals surface area contributed by atoms with Crippen LogP contribution in [-0.4, -0.2) is 184 Å². The number of halogens is 1. The summed E-state index contributed by atoms with van der Waals surface area (Å²) in [5, 5.41) is 9.85. The maximum atomic E-state index is 12.9. The number of morpholine rings is 3. The van der Waals surface area contributed by atoms with Crippen LogP contribution < -0.4 is 30.7 Å². The molecular formula is C93H128BClN12O8. The first kappa shape index (κ1) is 84.9. The van der Waals surface area contributed by atoms with E-state index in [0.29, 0.717) is 42.0 Å². The number of urea groups is 3. The molecule has 8 fully saturated rings. The number of rotatable bonds is 15. The quantitative estimate of drug-likeness (QED) is 0.0650. The van der Waals surface area contributed by atoms with Crippen molar-refractivity contribution in [1.29, 1.82) is 0 Å². The summed E-state index contributed by atoms with van der Waals surface area (Å²) in [6.45, 7) is 35.9. The van der Waals surface area contributed by atoms with Crippen molar-refractivity contribution >= 4 is 76.9 Å². The number of benzene rings is 3. The third-order valence-electron chi connectivity index (χ3n) is 25.8. The molecule has 3 atom stereocenters. The molecule has 3 aromatic carbocycles. The van der Waals surface area contributed by atoms with E-state index in [1.54, 1.807) is 0 Å². The number of aromatic nitrogens is 3. The molecule has 0 spiro atoms. The highest BCUT2D eigenvalue weighted by Crippen LogP contribution is 2.43. The van der Waals surface area contributed by atoms with E-state index in [1.165, 1.54) is 103 Å². The van der Waals surface area contributed by atoms with Crippen molar-refractivity contribution in [3.8, 4) is 33.4 Å². The van der Waals surface area contributed by atoms with E-state index in [-0.39, 0.29) is 36.4 Å². The topological polar surface area (TPSA) is 192 Å². The molecule has 0 unspecified atom stereocenters. The predicted octanol–water partition coefficient (Wildman–Crippen LogP) is 20.2. The minimum atomic E-state index is -0.198. The van der Waals surface area contributed by atoms with Crippen LogP contribution in [0.2, 0.25) is 5.15 Å². The Kier molecular flexibility index (Phi) is 29.5. The molecule has 3 aliphatic carbocycles. The van der Waals surface area contributed by atoms with Crippen molar-refractivity contribution < 1.29 is 37.9 Å². The lowest BCUT2D eigenvalue weighted by Gasteiger charge is -2.32. The summed E-state index contributed by atoms with van der Waals surface area (Å²) >= 11 is 6.36. The molecule has 16 rings (SSSR count). The zero-order valence-electron chi connectivity index (χ0n) is 70.5. The number of allylic oxidation sites excluding steroid dienone is 4. The summed E-state index contributed by atoms with van der Waals surface area (Å²) in [5.41, 5.74) is 17.3. The van der Waals surface area contributed by atoms with Crippen LogP contribution in [0.25, 0.3) is 39.0 Å². The number of carbonyl (C=O) groups excluding carboxylic acids is 3. The molecular weight excluding hydrogens is 1460 g/mol. The number of hydrogen-bond acceptors (Lipinski definition) is 14. The highest BCUT2D eigenvalue weighted by Gasteiger charge is 2.52. The van der Waals surface area contributed by atoms with Gasteiger partial charge in [-0.2, -0.15) is 0 Å². The number of ether oxygens (including phenoxy) is 3. The second kappa shape index (κ2) is 39.9. The Morgan fingerprint density at radius 3 is 1.25 bits per heavy atom. The molecule has 20 nitrogen and oxygen atoms in total. The third-order valence-corrected chi connectivity index (χ3v) is 26.0. The lowest BCUT2D eigenvalue weighted by molar-refractivity contribution is 0.00578. The van der Waals surface area contributed by atoms with E-state index in [2.05, 4.69) is 172 Å². The molecule has 3 N–H and O–H groups in total. The highest BCUT2D eigenvalue weighted by molar-refractivity contribution is 6.54. The third kappa shape index (κ3) is 22.2. The van der Waals surface area contributed by atoms with Gasteiger partial charge >= 0.3 is 25.2 Å². The van der Waals surface area contributed by atoms with Gasteiger partial charge in [-0.3, -0.25) is 0 Å². The summed E-state index contributed by atoms with van der Waals surface area (Å²) in [7, 11) is -0.102. The van der Waals surface area contributed by atoms with E-state index >= 15 is 0 Å². The first-order valence-corrected chi connectivity index (χ1v) is 44.0. The van der Waals surface area contributed by atoms with Gasteiger partial charge in [-0.15, -0.1) is 0 Å². The lowest BCUT2D eigenvalue weighted by atomic mass is 9.73. The van der Waals surface area contributed by atoms with Crippen LogP contribution in [0, 0.1) is 38.5 Å². The van der Waals surface area contributed by atoms with Gasteiger partial charge < -0.3 is 68.9 Å². The van der Waals surface area contributed by atoms with Gasteiger partial charge in [0.25, 0.3) is 0 Å². The van der Waals surface area contributed by atoms with Gasteiger partial charge in [0.15, 0.2) is 0 Å². The molecule has 7 aliphatic heterocycles. The van der Waals surface area contributed by atoms with Gasteiger partial charge in [-0.05, 0) is 284 Å². The molecule has 3 aromatic heterocycles. The van der Waals surface area contributed by atoms with Gasteiger partial charge in [-0.1, -0.05) is 101 Å². The number of nitrogens with one attached hydrogen (secondary N) is 3. The van der Waals surface area contributed by atoms with Gasteiger partial charge in [0, 0.05) is 107 Å². The normalized spacial score (nSPS) is 21.6. The average Bonchev–Trinajstić information content (AvgIpc) is 1.65. The monoisotopic (exact) mass is 1590 g/mol. The van der Waals surface area contributed by atoms with Crippen molar-refractivity contribution in [1.82, 2.24) is 29.7 Å². The minimum absolute atomic E-state index is 0.00698. The van der Waals surface area contributed by atoms with E-state index < -0.39 is 0 Å². The molecule has 6 amide bonds. The number of pyridine rings is 3. The maximum absolute atomic E-state index is 12.9. The molecule has 0 bridgehead atoms. The zero-order valence-corrected chi connectivity index (χ0v) is 71.3. The Balaban J connectivity index is 0.000000138. The first-order chi connectivity index (χ1) is 55.7. The van der Waals surface area contributed by atoms with Gasteiger partial charge in [-0.25, -0.2) is 29.3 Å². The average molecular weight is 1590 g/mol. The number of likely N-dealkylation sites (tertiary alicyclic amines) is 3. The highest BCUT2D eigenvalue weighted by atomic mass is 35.5. The van der Waals surface area contributed by atoms with Crippen molar-refractivity contribution in [2.24, 2.45) is 17.8 Å². The fraction of sp³-hybridized carbons (Fsp3) is 0.570. The van der Waals surface area contributed by atoms with Crippen molar-refractivity contribution in [3.63, 3.8) is 0 Å². The molecule has 115 heavy (non-hydrogen) atoms. The Hall–Kier alpha value is -8.05. The van der Waals surface area contributed by atoms with Crippen LogP contribution in [0.1, 0.15) is 204 Å². The largest absolute Gasteiger partial charge is 0.490 e. The molecule has 0 radical (unpaired) electrons. The number of anilines is 6. The molecule has 6 aromatic rings. The maximum Gasteiger partial charge on any atom is 0.490 e. The summed E-state index contributed by atoms with van der Waals surface area (Å²) in [6, 6.07) is 31.5. The Labute approximate surface area is 690 Å². The van der Waals surface area contributed by atoms with E-state index in [9.17, 15) is 14.4 Å². The van der Waals surface area contributed by atoms with E-state index in [4.69, 9.17) is 45.1 Å². The Morgan fingerprint density at radius 1 is 0.452 bits per heavy atom. The molecule has 10 aliphatic rings.